The molecule has 1 unspecified atom stereocenters. The van der Waals surface area contributed by atoms with Gasteiger partial charge in [0.25, 0.3) is 5.91 Å². The molecule has 25 heteroatoms. The first-order chi connectivity index (χ1) is 46.1. The average Bonchev–Trinajstić information content (AvgIpc) is 0.747. The molecule has 3 aliphatic rings. The number of piperidine rings is 1. The number of ketones is 3. The van der Waals surface area contributed by atoms with Crippen molar-refractivity contribution in [1.29, 1.82) is 0 Å². The molecule has 1 fully saturated rings. The number of nitrogens with one attached hydrogen (secondary N) is 2. The first-order valence-corrected chi connectivity index (χ1v) is 32.9. The molecule has 2 heterocycles. The van der Waals surface area contributed by atoms with Gasteiger partial charge in [0.15, 0.2) is 5.96 Å². The highest BCUT2D eigenvalue weighted by atomic mass is 32.2. The summed E-state index contributed by atoms with van der Waals surface area (Å²) in [6.07, 6.45) is 1.16. The standard InChI is InChI=1S/C71H87FN8O15S/c1-78(2)50-23-26-56-62(41-50)95-63-42-51(79(3)4)24-27-57(63)65(56)55-25-22-48(38-58(55)69(88)89)67(86)75-29-9-8-20-59(70(90)91)77-68(87)49(40-64(84)85)39-60(83)47(17-11-30-76-71(73)74)37-52(81)28-33-93-35-34-92-32-13-18-53(82)43-80-31-12-21-61(66(80)46-15-6-5-7-16-46)94-44-45-14-10-19-54(36-45)96-72/h5-7,10,14-16,19,22-27,36,38,41-42,47,49,59,61,66H,8-9,11-13,17-18,20-21,28-35,37,39-40,43-44H2,1-4H3,(H8-,73,74,75,76,77,84,85,86,87,88,89,90,91)/t47?,49-,59+,61-,66-/m0/s1. The van der Waals surface area contributed by atoms with Crippen molar-refractivity contribution in [2.45, 2.75) is 113 Å². The van der Waals surface area contributed by atoms with Crippen molar-refractivity contribution in [3.8, 4) is 22.5 Å². The number of hydrogen-bond donors (Lipinski definition) is 6. The number of unbranched alkanes of at least 4 members (excludes halogenated alkanes) is 1. The van der Waals surface area contributed by atoms with E-state index in [-0.39, 0.29) is 137 Å². The number of aromatic carboxylic acids is 1. The lowest BCUT2D eigenvalue weighted by Crippen LogP contribution is -2.45. The molecule has 4 aromatic carbocycles. The van der Waals surface area contributed by atoms with Gasteiger partial charge in [-0.1, -0.05) is 48.5 Å². The molecule has 4 aromatic rings. The highest BCUT2D eigenvalue weighted by molar-refractivity contribution is 7.94. The number of ether oxygens (including phenoxy) is 3. The van der Waals surface area contributed by atoms with E-state index < -0.39 is 66.2 Å². The van der Waals surface area contributed by atoms with Crippen LogP contribution in [0.15, 0.2) is 123 Å². The van der Waals surface area contributed by atoms with Gasteiger partial charge < -0.3 is 65.7 Å². The van der Waals surface area contributed by atoms with E-state index in [0.29, 0.717) is 64.4 Å². The number of benzene rings is 5. The fraction of sp³-hybridized carbons (Fsp3) is 0.437. The number of carboxylic acid groups (broad SMARTS) is 3. The number of Topliss-reactive ketones (excluding diaryl/α,β-unsaturated/α-hetero) is 3. The summed E-state index contributed by atoms with van der Waals surface area (Å²) in [5.74, 6) is -8.93. The van der Waals surface area contributed by atoms with E-state index >= 15 is 0 Å². The van der Waals surface area contributed by atoms with Gasteiger partial charge in [0, 0.05) is 116 Å². The number of rotatable bonds is 40. The topological polar surface area (TPSA) is 339 Å². The fourth-order valence-corrected chi connectivity index (χ4v) is 12.1. The summed E-state index contributed by atoms with van der Waals surface area (Å²) < 4.78 is 39.4. The second-order valence-electron chi connectivity index (χ2n) is 24.3. The predicted molar refractivity (Wildman–Crippen MR) is 361 cm³/mol. The van der Waals surface area contributed by atoms with Crippen LogP contribution in [-0.4, -0.2) is 161 Å². The van der Waals surface area contributed by atoms with Crippen molar-refractivity contribution in [3.63, 3.8) is 0 Å². The Labute approximate surface area is 562 Å². The third-order valence-electron chi connectivity index (χ3n) is 16.8. The molecular weight excluding hydrogens is 1260 g/mol. The quantitative estimate of drug-likeness (QED) is 0.00742. The molecule has 0 bridgehead atoms. The van der Waals surface area contributed by atoms with Crippen LogP contribution < -0.4 is 42.0 Å². The average molecular weight is 1340 g/mol. The Morgan fingerprint density at radius 1 is 0.802 bits per heavy atom. The molecule has 2 aliphatic heterocycles. The van der Waals surface area contributed by atoms with Gasteiger partial charge in [-0.15, -0.1) is 0 Å². The Kier molecular flexibility index (Phi) is 29.1. The number of carbonyl (C=O) groups excluding carboxylic acids is 6. The van der Waals surface area contributed by atoms with E-state index in [9.17, 15) is 57.6 Å². The summed E-state index contributed by atoms with van der Waals surface area (Å²) >= 11 is 0.189. The zero-order valence-electron chi connectivity index (χ0n) is 54.8. The van der Waals surface area contributed by atoms with Gasteiger partial charge in [0.2, 0.25) is 11.3 Å². The minimum absolute atomic E-state index is 0.00784. The van der Waals surface area contributed by atoms with Crippen LogP contribution in [0.3, 0.4) is 0 Å². The lowest BCUT2D eigenvalue weighted by molar-refractivity contribution is -0.255. The van der Waals surface area contributed by atoms with Gasteiger partial charge in [-0.25, -0.2) is 9.37 Å². The minimum atomic E-state index is -1.51. The third kappa shape index (κ3) is 22.4. The highest BCUT2D eigenvalue weighted by Gasteiger charge is 2.35. The highest BCUT2D eigenvalue weighted by Crippen LogP contribution is 2.42. The van der Waals surface area contributed by atoms with Gasteiger partial charge in [-0.3, -0.25) is 38.7 Å². The van der Waals surface area contributed by atoms with E-state index in [4.69, 9.17) is 30.1 Å². The largest absolute Gasteiger partial charge is 0.545 e. The molecule has 0 radical (unpaired) electrons. The van der Waals surface area contributed by atoms with E-state index in [2.05, 4.69) is 20.5 Å². The fourth-order valence-electron chi connectivity index (χ4n) is 11.8. The number of guanidine groups is 1. The zero-order valence-corrected chi connectivity index (χ0v) is 55.6. The molecule has 0 aromatic heterocycles. The molecule has 5 atom stereocenters. The van der Waals surface area contributed by atoms with Crippen LogP contribution in [0.2, 0.25) is 0 Å². The van der Waals surface area contributed by atoms with Gasteiger partial charge in [-0.05, 0) is 117 Å². The Balaban J connectivity index is 0.852. The monoisotopic (exact) mass is 1340 g/mol. The number of fused-ring (bicyclic) bond motifs is 2. The summed E-state index contributed by atoms with van der Waals surface area (Å²) in [5.41, 5.74) is 15.6. The van der Waals surface area contributed by atoms with Crippen LogP contribution in [0.5, 0.6) is 0 Å². The van der Waals surface area contributed by atoms with Crippen LogP contribution in [0.25, 0.3) is 33.4 Å². The first-order valence-electron chi connectivity index (χ1n) is 32.2. The number of carbonyl (C=O) groups is 8. The van der Waals surface area contributed by atoms with Crippen LogP contribution in [0.4, 0.5) is 9.57 Å². The molecule has 0 saturated carbocycles. The Hall–Kier alpha value is -8.88. The van der Waals surface area contributed by atoms with E-state index in [1.807, 2.05) is 110 Å². The van der Waals surface area contributed by atoms with Crippen molar-refractivity contribution in [1.82, 2.24) is 20.1 Å². The van der Waals surface area contributed by atoms with Crippen LogP contribution in [-0.2, 0) is 49.6 Å². The third-order valence-corrected chi connectivity index (χ3v) is 17.2. The predicted octanol–water partition coefficient (Wildman–Crippen LogP) is 6.99. The summed E-state index contributed by atoms with van der Waals surface area (Å²) in [5, 5.41) is 39.4. The van der Waals surface area contributed by atoms with Crippen molar-refractivity contribution in [2.24, 2.45) is 28.3 Å². The molecule has 514 valence electrons. The number of carboxylic acids is 3. The Morgan fingerprint density at radius 3 is 2.27 bits per heavy atom. The normalized spacial score (nSPS) is 14.9. The maximum Gasteiger partial charge on any atom is 0.326 e. The number of likely N-dealkylation sites (tertiary alicyclic amines) is 1. The number of anilines is 1. The SMILES string of the molecule is CN(C)c1ccc2c(-c3ccc(C(=O)NCCCC[C@@H](NC(=O)[C@H](CC(=O)O)CC(=O)C(CCCN=C(N)N)CC(=O)CCOCCOCCCC(=O)CN4CCC[C@H](OCc5cccc(SF)c5)[C@@H]4c4ccccc4)C(=O)O)cc3C(=O)[O-])c3ccc(=[N+](C)C)cc-3oc2c1. The van der Waals surface area contributed by atoms with Crippen LogP contribution >= 0.6 is 12.1 Å². The van der Waals surface area contributed by atoms with Gasteiger partial charge >= 0.3 is 11.9 Å². The summed E-state index contributed by atoms with van der Waals surface area (Å²) in [4.78, 5) is 114. The van der Waals surface area contributed by atoms with E-state index in [1.165, 1.54) is 12.1 Å². The van der Waals surface area contributed by atoms with Gasteiger partial charge in [-0.2, -0.15) is 3.89 Å². The maximum absolute atomic E-state index is 13.9. The molecule has 2 amide bonds. The van der Waals surface area contributed by atoms with Gasteiger partial charge in [0.1, 0.15) is 48.8 Å². The van der Waals surface area contributed by atoms with Crippen LogP contribution in [0, 0.1) is 11.8 Å². The molecule has 23 nitrogen and oxygen atoms in total. The number of hydrogen-bond acceptors (Lipinski definition) is 17. The molecule has 7 rings (SSSR count). The van der Waals surface area contributed by atoms with Crippen molar-refractivity contribution < 1.29 is 76.2 Å². The second-order valence-corrected chi connectivity index (χ2v) is 25.0. The number of nitrogens with zero attached hydrogens (tertiary/aromatic N) is 4. The van der Waals surface area contributed by atoms with Crippen molar-refractivity contribution >= 4 is 81.8 Å². The lowest BCUT2D eigenvalue weighted by Gasteiger charge is -2.41. The van der Waals surface area contributed by atoms with Crippen molar-refractivity contribution in [3.05, 3.63) is 137 Å². The molecule has 1 aliphatic carbocycles. The van der Waals surface area contributed by atoms with E-state index in [0.717, 1.165) is 41.6 Å². The summed E-state index contributed by atoms with van der Waals surface area (Å²) in [6.45, 7) is 2.11. The summed E-state index contributed by atoms with van der Waals surface area (Å²) in [7, 11) is 7.56. The minimum Gasteiger partial charge on any atom is -0.545 e. The lowest BCUT2D eigenvalue weighted by atomic mass is 9.85. The van der Waals surface area contributed by atoms with Crippen molar-refractivity contribution in [2.75, 3.05) is 85.7 Å². The maximum atomic E-state index is 13.9. The Morgan fingerprint density at radius 2 is 1.56 bits per heavy atom. The second kappa shape index (κ2) is 37.4. The number of aliphatic carboxylic acids is 2. The number of halogens is 1. The number of nitrogens with two attached hydrogens (primary N) is 2. The number of aliphatic imine (C=N–C) groups is 1. The smallest absolute Gasteiger partial charge is 0.326 e. The molecular formula is C71H87FN8O15S. The van der Waals surface area contributed by atoms with E-state index in [1.54, 1.807) is 24.3 Å². The van der Waals surface area contributed by atoms with Crippen LogP contribution in [0.1, 0.15) is 121 Å². The molecule has 1 saturated heterocycles. The molecule has 96 heavy (non-hydrogen) atoms. The molecule has 0 spiro atoms. The summed E-state index contributed by atoms with van der Waals surface area (Å²) in [6, 6.07) is 31.0. The van der Waals surface area contributed by atoms with Gasteiger partial charge in [0.05, 0.1) is 81.6 Å². The number of amides is 2. The molecule has 8 N–H and O–H groups in total. The zero-order chi connectivity index (χ0) is 69.3. The first kappa shape index (κ1) is 74.5. The Bertz CT molecular complexity index is 3740.